The average molecular weight is 138 g/mol. The highest BCUT2D eigenvalue weighted by molar-refractivity contribution is 5.00. The molecule has 56 valence electrons. The molecule has 0 saturated heterocycles. The monoisotopic (exact) mass is 138 g/mol. The largest absolute Gasteiger partial charge is 0.385 e. The van der Waals surface area contributed by atoms with Crippen LogP contribution in [0.3, 0.4) is 0 Å². The third-order valence-corrected chi connectivity index (χ3v) is 2.09. The molecule has 1 nitrogen and oxygen atoms in total. The molecule has 0 bridgehead atoms. The van der Waals surface area contributed by atoms with E-state index in [1.165, 1.54) is 6.42 Å². The standard InChI is InChI=1S/C9H14O/c1-2-6-9(10)7-4-3-5-8-9/h6,10H,1,3-5,7-8H2. The predicted octanol–water partition coefficient (Wildman–Crippen LogP) is 2.02. The third-order valence-electron chi connectivity index (χ3n) is 2.09. The van der Waals surface area contributed by atoms with E-state index in [9.17, 15) is 5.11 Å². The third kappa shape index (κ3) is 1.73. The first-order valence-corrected chi connectivity index (χ1v) is 3.86. The summed E-state index contributed by atoms with van der Waals surface area (Å²) in [5.41, 5.74) is 2.08. The Balaban J connectivity index is 2.56. The maximum absolute atomic E-state index is 9.71. The molecule has 0 aromatic rings. The summed E-state index contributed by atoms with van der Waals surface area (Å²) in [6.07, 6.45) is 6.99. The topological polar surface area (TPSA) is 20.2 Å². The van der Waals surface area contributed by atoms with Gasteiger partial charge in [-0.1, -0.05) is 25.8 Å². The minimum absolute atomic E-state index is 0.569. The molecular weight excluding hydrogens is 124 g/mol. The van der Waals surface area contributed by atoms with Gasteiger partial charge in [0.15, 0.2) is 0 Å². The highest BCUT2D eigenvalue weighted by Crippen LogP contribution is 2.28. The fraction of sp³-hybridized carbons (Fsp3) is 0.667. The van der Waals surface area contributed by atoms with Crippen LogP contribution >= 0.6 is 0 Å². The Morgan fingerprint density at radius 1 is 1.30 bits per heavy atom. The summed E-state index contributed by atoms with van der Waals surface area (Å²) >= 11 is 0. The van der Waals surface area contributed by atoms with Crippen LogP contribution in [-0.4, -0.2) is 10.7 Å². The van der Waals surface area contributed by atoms with E-state index in [1.54, 1.807) is 6.08 Å². The molecule has 1 heteroatoms. The van der Waals surface area contributed by atoms with Crippen LogP contribution in [0.4, 0.5) is 0 Å². The molecule has 1 aliphatic rings. The van der Waals surface area contributed by atoms with Crippen LogP contribution in [0.5, 0.6) is 0 Å². The van der Waals surface area contributed by atoms with Crippen LogP contribution in [0, 0.1) is 0 Å². The molecule has 0 aromatic heterocycles. The first-order chi connectivity index (χ1) is 4.77. The Morgan fingerprint density at radius 3 is 2.40 bits per heavy atom. The van der Waals surface area contributed by atoms with Gasteiger partial charge in [0.1, 0.15) is 0 Å². The van der Waals surface area contributed by atoms with Crippen molar-refractivity contribution in [2.45, 2.75) is 37.7 Å². The van der Waals surface area contributed by atoms with E-state index in [0.717, 1.165) is 25.7 Å². The Kier molecular flexibility index (Phi) is 2.31. The lowest BCUT2D eigenvalue weighted by Gasteiger charge is -2.27. The molecule has 1 saturated carbocycles. The SMILES string of the molecule is C=C=CC1(O)CCCCC1. The quantitative estimate of drug-likeness (QED) is 0.550. The summed E-state index contributed by atoms with van der Waals surface area (Å²) in [7, 11) is 0. The summed E-state index contributed by atoms with van der Waals surface area (Å²) in [5, 5.41) is 9.71. The number of hydrogen-bond donors (Lipinski definition) is 1. The van der Waals surface area contributed by atoms with Crippen LogP contribution in [0.25, 0.3) is 0 Å². The van der Waals surface area contributed by atoms with Crippen LogP contribution < -0.4 is 0 Å². The first-order valence-electron chi connectivity index (χ1n) is 3.86. The van der Waals surface area contributed by atoms with Crippen molar-refractivity contribution in [1.82, 2.24) is 0 Å². The van der Waals surface area contributed by atoms with E-state index in [-0.39, 0.29) is 0 Å². The fourth-order valence-electron chi connectivity index (χ4n) is 1.50. The highest BCUT2D eigenvalue weighted by atomic mass is 16.3. The Morgan fingerprint density at radius 2 is 1.90 bits per heavy atom. The second-order valence-corrected chi connectivity index (χ2v) is 3.01. The minimum Gasteiger partial charge on any atom is -0.385 e. The molecule has 0 atom stereocenters. The van der Waals surface area contributed by atoms with Gasteiger partial charge in [-0.05, 0) is 18.9 Å². The van der Waals surface area contributed by atoms with Gasteiger partial charge < -0.3 is 5.11 Å². The summed E-state index contributed by atoms with van der Waals surface area (Å²) < 4.78 is 0. The van der Waals surface area contributed by atoms with E-state index in [4.69, 9.17) is 0 Å². The second kappa shape index (κ2) is 3.05. The maximum atomic E-state index is 9.71. The van der Waals surface area contributed by atoms with Crippen LogP contribution in [0.2, 0.25) is 0 Å². The normalized spacial score (nSPS) is 23.3. The zero-order chi connectivity index (χ0) is 7.45. The Labute approximate surface area is 62.1 Å². The van der Waals surface area contributed by atoms with Crippen LogP contribution in [0.1, 0.15) is 32.1 Å². The molecule has 10 heavy (non-hydrogen) atoms. The lowest BCUT2D eigenvalue weighted by molar-refractivity contribution is 0.0515. The minimum atomic E-state index is -0.569. The number of hydrogen-bond acceptors (Lipinski definition) is 1. The predicted molar refractivity (Wildman–Crippen MR) is 41.7 cm³/mol. The van der Waals surface area contributed by atoms with Crippen molar-refractivity contribution in [2.75, 3.05) is 0 Å². The van der Waals surface area contributed by atoms with Gasteiger partial charge in [-0.15, -0.1) is 5.73 Å². The van der Waals surface area contributed by atoms with E-state index in [0.29, 0.717) is 0 Å². The molecule has 0 aliphatic heterocycles. The van der Waals surface area contributed by atoms with E-state index < -0.39 is 5.60 Å². The first kappa shape index (κ1) is 7.59. The number of rotatable bonds is 1. The molecule has 0 aromatic carbocycles. The molecule has 0 unspecified atom stereocenters. The molecule has 0 heterocycles. The Bertz CT molecular complexity index is 148. The molecule has 0 spiro atoms. The molecule has 0 radical (unpaired) electrons. The van der Waals surface area contributed by atoms with Gasteiger partial charge in [-0.2, -0.15) is 0 Å². The Hall–Kier alpha value is -0.520. The fourth-order valence-corrected chi connectivity index (χ4v) is 1.50. The zero-order valence-electron chi connectivity index (χ0n) is 6.27. The van der Waals surface area contributed by atoms with E-state index in [1.807, 2.05) is 0 Å². The number of aliphatic hydroxyl groups is 1. The van der Waals surface area contributed by atoms with E-state index in [2.05, 4.69) is 12.3 Å². The van der Waals surface area contributed by atoms with Gasteiger partial charge in [0, 0.05) is 0 Å². The summed E-state index contributed by atoms with van der Waals surface area (Å²) in [4.78, 5) is 0. The maximum Gasteiger partial charge on any atom is 0.0900 e. The molecular formula is C9H14O. The molecule has 1 fully saturated rings. The summed E-state index contributed by atoms with van der Waals surface area (Å²) in [6, 6.07) is 0. The highest BCUT2D eigenvalue weighted by Gasteiger charge is 2.25. The second-order valence-electron chi connectivity index (χ2n) is 3.01. The van der Waals surface area contributed by atoms with Gasteiger partial charge in [-0.25, -0.2) is 0 Å². The molecule has 1 N–H and O–H groups in total. The van der Waals surface area contributed by atoms with Gasteiger partial charge in [0.05, 0.1) is 5.60 Å². The zero-order valence-corrected chi connectivity index (χ0v) is 6.27. The van der Waals surface area contributed by atoms with Crippen molar-refractivity contribution in [3.05, 3.63) is 18.4 Å². The van der Waals surface area contributed by atoms with Crippen molar-refractivity contribution < 1.29 is 5.11 Å². The van der Waals surface area contributed by atoms with Gasteiger partial charge in [0.2, 0.25) is 0 Å². The van der Waals surface area contributed by atoms with Crippen molar-refractivity contribution >= 4 is 0 Å². The van der Waals surface area contributed by atoms with Crippen molar-refractivity contribution in [1.29, 1.82) is 0 Å². The van der Waals surface area contributed by atoms with Crippen molar-refractivity contribution in [2.24, 2.45) is 0 Å². The van der Waals surface area contributed by atoms with Crippen molar-refractivity contribution in [3.63, 3.8) is 0 Å². The lowest BCUT2D eigenvalue weighted by Crippen LogP contribution is -2.28. The molecule has 0 amide bonds. The summed E-state index contributed by atoms with van der Waals surface area (Å²) in [5.74, 6) is 0. The smallest absolute Gasteiger partial charge is 0.0900 e. The van der Waals surface area contributed by atoms with E-state index >= 15 is 0 Å². The molecule has 1 aliphatic carbocycles. The van der Waals surface area contributed by atoms with Gasteiger partial charge in [0.25, 0.3) is 0 Å². The average Bonchev–Trinajstić information content (AvgIpc) is 1.89. The van der Waals surface area contributed by atoms with Crippen molar-refractivity contribution in [3.8, 4) is 0 Å². The molecule has 1 rings (SSSR count). The van der Waals surface area contributed by atoms with Gasteiger partial charge in [-0.3, -0.25) is 0 Å². The van der Waals surface area contributed by atoms with Crippen LogP contribution in [0.15, 0.2) is 18.4 Å². The lowest BCUT2D eigenvalue weighted by atomic mass is 9.85. The summed E-state index contributed by atoms with van der Waals surface area (Å²) in [6.45, 7) is 3.46. The van der Waals surface area contributed by atoms with Crippen LogP contribution in [-0.2, 0) is 0 Å². The van der Waals surface area contributed by atoms with Gasteiger partial charge >= 0.3 is 0 Å².